The largest absolute Gasteiger partial charge is 0.394 e. The third-order valence-corrected chi connectivity index (χ3v) is 27.1. The fourth-order valence-corrected chi connectivity index (χ4v) is 18.4. The minimum Gasteiger partial charge on any atom is -0.394 e. The van der Waals surface area contributed by atoms with Gasteiger partial charge in [-0.1, -0.05) is 126 Å². The second-order valence-corrected chi connectivity index (χ2v) is 37.8. The molecule has 6 aromatic rings. The van der Waals surface area contributed by atoms with Gasteiger partial charge in [-0.3, -0.25) is 86.9 Å². The summed E-state index contributed by atoms with van der Waals surface area (Å²) in [5.41, 5.74) is 20.2. The first-order valence-corrected chi connectivity index (χ1v) is 50.1. The fourth-order valence-electron chi connectivity index (χ4n) is 17.5. The molecule has 144 heavy (non-hydrogen) atoms. The van der Waals surface area contributed by atoms with Gasteiger partial charge in [-0.2, -0.15) is 11.8 Å². The van der Waals surface area contributed by atoms with Crippen molar-refractivity contribution in [1.82, 2.24) is 109 Å². The number of nitrogens with zero attached hydrogens (tertiary/aromatic N) is 5. The summed E-state index contributed by atoms with van der Waals surface area (Å²) < 4.78 is 5.75. The Morgan fingerprint density at radius 3 is 1.67 bits per heavy atom. The lowest BCUT2D eigenvalue weighted by Crippen LogP contribution is -2.61. The molecule has 2 aliphatic rings. The van der Waals surface area contributed by atoms with E-state index in [1.807, 2.05) is 44.2 Å². The number of primary amides is 2. The van der Waals surface area contributed by atoms with Gasteiger partial charge in [0.05, 0.1) is 49.8 Å². The minimum absolute atomic E-state index is 0.000267. The normalized spacial score (nSPS) is 15.9. The lowest BCUT2D eigenvalue weighted by molar-refractivity contribution is -0.149. The van der Waals surface area contributed by atoms with Crippen LogP contribution in [0, 0.1) is 11.3 Å². The molecule has 2 fully saturated rings. The zero-order valence-corrected chi connectivity index (χ0v) is 84.5. The van der Waals surface area contributed by atoms with E-state index in [1.54, 1.807) is 74.9 Å². The van der Waals surface area contributed by atoms with Crippen molar-refractivity contribution in [3.05, 3.63) is 138 Å². The molecule has 4 heterocycles. The van der Waals surface area contributed by atoms with Gasteiger partial charge in [-0.25, -0.2) is 4.98 Å². The standard InChI is InChI=1S/C99H145N25O19S/c1-12-14-36-80(93(137)113-70(35-25-40-107-99(102)103)88(132)120-79(55-144-54-57(3)126)87(131)110-52-84(101)128)122(9)98(142)82(37-15-13-2)123(10)96(140)76(46-64-50-109-69-34-24-22-32-67(64)69)118-92(136)78(53-125)119-90(134)73(45-63-49-108-68-33-23-21-31-66(63)68)115-89(133)71(39-41-106-86(130)62-29-19-20-30-62)112-59(5)72(43-58(4)143-11)114-91(135)74(47-65-51-105-56-111-65)116-94(138)81-38-26-42-124(81)97(141)77(48-83(100)127)117-85(129)60(6)121(8)95(139)75(104-7)44-61-27-17-16-18-28-61/h16-18,21-24,27-28,31-34,49-51,56,58,60,62,70-82,104,108-109,112,125H,5,12-15,19-20,25-26,29-30,35-48,52-55H2,1-4,6-11H3,(H2,100,127)(H2,101,128)(H,105,111)(H,106,130)(H,110,131)(H,113,137)(H,114,135)(H,115,133)(H,116,138)(H,117,129)(H,118,136)(H,119,134)(H,120,132)(H4,102,103,107)/t58?,60-,70-,71-,72-,73-,74-,75-,76-,77-,78-,79-,80-,81-,82-/m0/s1. The van der Waals surface area contributed by atoms with Crippen LogP contribution >= 0.6 is 11.8 Å². The number of likely N-dealkylation sites (N-methyl/N-ethyl adjacent to an activating group) is 4. The number of nitrogens with one attached hydrogen (secondary N) is 17. The van der Waals surface area contributed by atoms with Crippen LogP contribution in [-0.2, 0) is 112 Å². The predicted molar refractivity (Wildman–Crippen MR) is 541 cm³/mol. The number of hydrogen-bond acceptors (Lipinski definition) is 24. The second kappa shape index (κ2) is 58.1. The fraction of sp³-hybridized carbons (Fsp3) is 0.545. The SMILES string of the molecule is C=C(N[C@@H](CCNC(=O)C1CCCC1)C(=O)N[C@@H](Cc1c[nH]c2ccccc12)C(=O)N[C@@H](CO)C(=O)N[C@@H](Cc1c[nH]c2ccccc12)C(=O)N(C)[C@@H](CCCC)C(=O)N(C)[C@@H](CCCC)C(=O)N[C@@H](CCCNC(=N)N)C(=O)N[C@@H](CSCC(C)=O)C(=O)NCC(N)=O)[C@H](CC(C)OC)NC(=O)[C@H](Cc1cnc[nH]1)NC(=O)[C@@H]1CCCN1C(=O)[C@H](CC(N)=O)NC(=O)[C@H](C)N(C)C(=O)[C@H](Cc1ccccc1)NC. The number of thioether (sulfide) groups is 1. The number of aromatic amines is 3. The quantitative estimate of drug-likeness (QED) is 0.0132. The van der Waals surface area contributed by atoms with Crippen molar-refractivity contribution in [1.29, 1.82) is 5.41 Å². The Morgan fingerprint density at radius 1 is 0.542 bits per heavy atom. The van der Waals surface area contributed by atoms with Gasteiger partial charge >= 0.3 is 0 Å². The number of Topliss-reactive ketones (excluding diaryl/α,β-unsaturated/α-hetero) is 1. The Balaban J connectivity index is 1.06. The van der Waals surface area contributed by atoms with E-state index in [9.17, 15) is 53.1 Å². The van der Waals surface area contributed by atoms with Crippen molar-refractivity contribution < 1.29 is 91.4 Å². The van der Waals surface area contributed by atoms with Crippen LogP contribution in [0.15, 0.2) is 116 Å². The van der Waals surface area contributed by atoms with E-state index in [0.717, 1.165) is 30.2 Å². The number of unbranched alkanes of at least 4 members (excludes halogenated alkanes) is 2. The molecule has 1 aliphatic heterocycles. The minimum atomic E-state index is -1.88. The molecule has 0 bridgehead atoms. The molecule has 1 aliphatic carbocycles. The molecule has 0 radical (unpaired) electrons. The molecular formula is C99H145N25O19S. The van der Waals surface area contributed by atoms with Crippen molar-refractivity contribution in [2.75, 3.05) is 79.6 Å². The number of likely N-dealkylation sites (tertiary alicyclic amines) is 1. The third-order valence-electron chi connectivity index (χ3n) is 26.0. The maximum atomic E-state index is 15.8. The number of carbonyl (C=O) groups is 17. The lowest BCUT2D eigenvalue weighted by Gasteiger charge is -2.36. The number of para-hydroxylation sites is 2. The highest BCUT2D eigenvalue weighted by Gasteiger charge is 2.44. The molecule has 45 heteroatoms. The first kappa shape index (κ1) is 115. The Bertz CT molecular complexity index is 5380. The summed E-state index contributed by atoms with van der Waals surface area (Å²) >= 11 is 1.03. The molecule has 786 valence electrons. The molecule has 3 aromatic heterocycles. The number of benzene rings is 3. The van der Waals surface area contributed by atoms with E-state index >= 15 is 33.6 Å². The number of guanidine groups is 1. The van der Waals surface area contributed by atoms with Gasteiger partial charge in [-0.05, 0) is 127 Å². The van der Waals surface area contributed by atoms with E-state index in [2.05, 4.69) is 95.6 Å². The molecule has 44 nitrogen and oxygen atoms in total. The zero-order valence-electron chi connectivity index (χ0n) is 83.7. The number of ether oxygens (including phenoxy) is 1. The van der Waals surface area contributed by atoms with Crippen LogP contribution < -0.4 is 86.3 Å². The molecule has 24 N–H and O–H groups in total. The van der Waals surface area contributed by atoms with Crippen LogP contribution in [-0.4, -0.2) is 321 Å². The number of aromatic nitrogens is 4. The maximum Gasteiger partial charge on any atom is 0.246 e. The molecule has 3 aromatic carbocycles. The van der Waals surface area contributed by atoms with Gasteiger partial charge in [0, 0.05) is 131 Å². The molecule has 1 saturated heterocycles. The maximum absolute atomic E-state index is 15.8. The van der Waals surface area contributed by atoms with Crippen molar-refractivity contribution in [2.45, 2.75) is 260 Å². The number of methoxy groups -OCH3 is 1. The van der Waals surface area contributed by atoms with Crippen molar-refractivity contribution in [2.24, 2.45) is 23.1 Å². The van der Waals surface area contributed by atoms with Crippen LogP contribution in [0.25, 0.3) is 21.8 Å². The van der Waals surface area contributed by atoms with Crippen molar-refractivity contribution in [3.8, 4) is 0 Å². The Hall–Kier alpha value is -13.8. The number of rotatable bonds is 62. The topological polar surface area (TPSA) is 651 Å². The molecule has 0 spiro atoms. The van der Waals surface area contributed by atoms with Gasteiger partial charge in [-0.15, -0.1) is 0 Å². The van der Waals surface area contributed by atoms with Gasteiger partial charge in [0.25, 0.3) is 0 Å². The van der Waals surface area contributed by atoms with Crippen molar-refractivity contribution >= 4 is 140 Å². The summed E-state index contributed by atoms with van der Waals surface area (Å²) in [4.78, 5) is 262. The van der Waals surface area contributed by atoms with Gasteiger partial charge < -0.3 is 131 Å². The number of amides is 16. The zero-order chi connectivity index (χ0) is 105. The average Bonchev–Trinajstić information content (AvgIpc) is 1.52. The highest BCUT2D eigenvalue weighted by atomic mass is 32.2. The number of aliphatic hydroxyl groups excluding tert-OH is 1. The third kappa shape index (κ3) is 34.8. The Kier molecular flexibility index (Phi) is 46.6. The van der Waals surface area contributed by atoms with Gasteiger partial charge in [0.2, 0.25) is 94.5 Å². The van der Waals surface area contributed by atoms with Crippen molar-refractivity contribution in [3.63, 3.8) is 0 Å². The molecular weight excluding hydrogens is 1880 g/mol. The lowest BCUT2D eigenvalue weighted by atomic mass is 10.00. The molecule has 1 saturated carbocycles. The smallest absolute Gasteiger partial charge is 0.246 e. The van der Waals surface area contributed by atoms with E-state index in [1.165, 1.54) is 74.2 Å². The van der Waals surface area contributed by atoms with E-state index < -0.39 is 199 Å². The summed E-state index contributed by atoms with van der Waals surface area (Å²) in [6.45, 7) is 10.9. The Morgan fingerprint density at radius 2 is 1.08 bits per heavy atom. The number of nitrogens with two attached hydrogens (primary N) is 3. The number of ketones is 1. The monoisotopic (exact) mass is 2020 g/mol. The van der Waals surface area contributed by atoms with E-state index in [0.29, 0.717) is 83.6 Å². The Labute approximate surface area is 842 Å². The molecule has 8 rings (SSSR count). The highest BCUT2D eigenvalue weighted by molar-refractivity contribution is 8.00. The summed E-state index contributed by atoms with van der Waals surface area (Å²) in [5, 5.41) is 56.7. The molecule has 1 unspecified atom stereocenters. The second-order valence-electron chi connectivity index (χ2n) is 36.8. The van der Waals surface area contributed by atoms with Crippen LogP contribution in [0.4, 0.5) is 0 Å². The number of aliphatic hydroxyl groups is 1. The number of carbonyl (C=O) groups excluding carboxylic acids is 17. The number of hydrogen-bond donors (Lipinski definition) is 21. The predicted octanol–water partition coefficient (Wildman–Crippen LogP) is -0.370. The number of H-pyrrole nitrogens is 3. The van der Waals surface area contributed by atoms with Gasteiger partial charge in [0.1, 0.15) is 78.3 Å². The van der Waals surface area contributed by atoms with Crippen LogP contribution in [0.3, 0.4) is 0 Å². The molecule has 16 amide bonds. The summed E-state index contributed by atoms with van der Waals surface area (Å²) in [5.74, 6) is -13.8. The van der Waals surface area contributed by atoms with Crippen LogP contribution in [0.1, 0.15) is 166 Å². The first-order valence-electron chi connectivity index (χ1n) is 49.0. The average molecular weight is 2020 g/mol. The van der Waals surface area contributed by atoms with E-state index in [4.69, 9.17) is 27.3 Å². The summed E-state index contributed by atoms with van der Waals surface area (Å²) in [6.07, 6.45) is 9.24. The number of fused-ring (bicyclic) bond motifs is 2. The highest BCUT2D eigenvalue weighted by Crippen LogP contribution is 2.28. The molecule has 15 atom stereocenters. The number of imidazole rings is 1. The summed E-state index contributed by atoms with van der Waals surface area (Å²) in [6, 6.07) is 4.19. The van der Waals surface area contributed by atoms with Crippen LogP contribution in [0.2, 0.25) is 0 Å². The van der Waals surface area contributed by atoms with E-state index in [-0.39, 0.29) is 131 Å². The first-order chi connectivity index (χ1) is 68.8. The van der Waals surface area contributed by atoms with Crippen LogP contribution in [0.5, 0.6) is 0 Å². The van der Waals surface area contributed by atoms with Gasteiger partial charge in [0.15, 0.2) is 5.96 Å². The summed E-state index contributed by atoms with van der Waals surface area (Å²) in [7, 11) is 7.23.